The van der Waals surface area contributed by atoms with E-state index in [0.717, 1.165) is 22.3 Å². The third kappa shape index (κ3) is 1.42. The minimum absolute atomic E-state index is 0.662. The number of pyridine rings is 2. The Balaban J connectivity index is 2.14. The van der Waals surface area contributed by atoms with E-state index < -0.39 is 0 Å². The summed E-state index contributed by atoms with van der Waals surface area (Å²) < 4.78 is 7.59. The average Bonchev–Trinajstić information content (AvgIpc) is 3.01. The lowest BCUT2D eigenvalue weighted by Gasteiger charge is -2.06. The average molecular weight is 263 g/mol. The Kier molecular flexibility index (Phi) is 2.21. The van der Waals surface area contributed by atoms with E-state index in [1.165, 1.54) is 10.9 Å². The Morgan fingerprint density at radius 3 is 2.85 bits per heavy atom. The Morgan fingerprint density at radius 2 is 1.95 bits per heavy atom. The molecule has 4 aromatic rings. The van der Waals surface area contributed by atoms with Gasteiger partial charge in [-0.2, -0.15) is 0 Å². The van der Waals surface area contributed by atoms with Crippen molar-refractivity contribution in [1.29, 1.82) is 0 Å². The summed E-state index contributed by atoms with van der Waals surface area (Å²) in [7, 11) is 0. The molecule has 4 rings (SSSR count). The fourth-order valence-electron chi connectivity index (χ4n) is 2.70. The van der Waals surface area contributed by atoms with E-state index >= 15 is 0 Å². The summed E-state index contributed by atoms with van der Waals surface area (Å²) in [6.45, 7) is 4.13. The van der Waals surface area contributed by atoms with Gasteiger partial charge in [-0.25, -0.2) is 9.97 Å². The summed E-state index contributed by atoms with van der Waals surface area (Å²) in [5, 5.41) is 2.20. The SMILES string of the molecule is Cc1cn(-c2ccnc3occ(C)c23)c2ncccc12. The van der Waals surface area contributed by atoms with Gasteiger partial charge in [-0.15, -0.1) is 0 Å². The summed E-state index contributed by atoms with van der Waals surface area (Å²) in [4.78, 5) is 8.79. The highest BCUT2D eigenvalue weighted by molar-refractivity contribution is 5.90. The van der Waals surface area contributed by atoms with Gasteiger partial charge in [0.2, 0.25) is 5.71 Å². The lowest BCUT2D eigenvalue weighted by atomic mass is 10.2. The first kappa shape index (κ1) is 11.2. The fourth-order valence-corrected chi connectivity index (χ4v) is 2.70. The summed E-state index contributed by atoms with van der Waals surface area (Å²) in [6.07, 6.45) is 7.44. The van der Waals surface area contributed by atoms with Crippen LogP contribution in [0.15, 0.2) is 47.5 Å². The van der Waals surface area contributed by atoms with Crippen LogP contribution < -0.4 is 0 Å². The van der Waals surface area contributed by atoms with E-state index in [1.54, 1.807) is 12.5 Å². The highest BCUT2D eigenvalue weighted by Crippen LogP contribution is 2.29. The number of aromatic nitrogens is 3. The first-order valence-electron chi connectivity index (χ1n) is 6.51. The molecule has 4 heteroatoms. The van der Waals surface area contributed by atoms with Crippen molar-refractivity contribution in [2.45, 2.75) is 13.8 Å². The van der Waals surface area contributed by atoms with Crippen LogP contribution in [0.25, 0.3) is 27.8 Å². The van der Waals surface area contributed by atoms with Crippen molar-refractivity contribution in [1.82, 2.24) is 14.5 Å². The highest BCUT2D eigenvalue weighted by Gasteiger charge is 2.13. The zero-order valence-corrected chi connectivity index (χ0v) is 11.3. The summed E-state index contributed by atoms with van der Waals surface area (Å²) >= 11 is 0. The Bertz CT molecular complexity index is 933. The monoisotopic (exact) mass is 263 g/mol. The van der Waals surface area contributed by atoms with Crippen LogP contribution in [0.1, 0.15) is 11.1 Å². The molecule has 20 heavy (non-hydrogen) atoms. The molecule has 0 amide bonds. The van der Waals surface area contributed by atoms with Gasteiger partial charge in [-0.1, -0.05) is 0 Å². The Morgan fingerprint density at radius 1 is 1.05 bits per heavy atom. The fraction of sp³-hybridized carbons (Fsp3) is 0.125. The standard InChI is InChI=1S/C16H13N3O/c1-10-8-19(15-12(10)4-3-6-17-15)13-5-7-18-16-14(13)11(2)9-20-16/h3-9H,1-2H3. The zero-order valence-electron chi connectivity index (χ0n) is 11.3. The normalized spacial score (nSPS) is 11.5. The van der Waals surface area contributed by atoms with Gasteiger partial charge in [0.15, 0.2) is 0 Å². The van der Waals surface area contributed by atoms with Crippen LogP contribution in [0, 0.1) is 13.8 Å². The van der Waals surface area contributed by atoms with Crippen LogP contribution in [0.4, 0.5) is 0 Å². The Hall–Kier alpha value is -2.62. The van der Waals surface area contributed by atoms with Gasteiger partial charge in [0.1, 0.15) is 5.65 Å². The molecule has 0 saturated carbocycles. The van der Waals surface area contributed by atoms with Crippen molar-refractivity contribution in [2.24, 2.45) is 0 Å². The quantitative estimate of drug-likeness (QED) is 0.525. The van der Waals surface area contributed by atoms with Crippen LogP contribution >= 0.6 is 0 Å². The van der Waals surface area contributed by atoms with Gasteiger partial charge in [-0.3, -0.25) is 0 Å². The van der Waals surface area contributed by atoms with Crippen LogP contribution in [-0.4, -0.2) is 14.5 Å². The maximum absolute atomic E-state index is 5.48. The van der Waals surface area contributed by atoms with E-state index in [1.807, 2.05) is 25.3 Å². The molecule has 4 nitrogen and oxygen atoms in total. The van der Waals surface area contributed by atoms with E-state index in [-0.39, 0.29) is 0 Å². The first-order chi connectivity index (χ1) is 9.75. The molecule has 0 atom stereocenters. The van der Waals surface area contributed by atoms with Gasteiger partial charge in [0.25, 0.3) is 0 Å². The van der Waals surface area contributed by atoms with E-state index in [0.29, 0.717) is 5.71 Å². The van der Waals surface area contributed by atoms with Gasteiger partial charge >= 0.3 is 0 Å². The molecular weight excluding hydrogens is 250 g/mol. The van der Waals surface area contributed by atoms with Crippen LogP contribution in [-0.2, 0) is 0 Å². The second-order valence-corrected chi connectivity index (χ2v) is 4.99. The number of hydrogen-bond acceptors (Lipinski definition) is 3. The van der Waals surface area contributed by atoms with Crippen molar-refractivity contribution in [2.75, 3.05) is 0 Å². The minimum Gasteiger partial charge on any atom is -0.446 e. The molecule has 0 saturated heterocycles. The molecule has 98 valence electrons. The maximum Gasteiger partial charge on any atom is 0.228 e. The van der Waals surface area contributed by atoms with Crippen LogP contribution in [0.3, 0.4) is 0 Å². The topological polar surface area (TPSA) is 43.9 Å². The second kappa shape index (κ2) is 3.93. The van der Waals surface area contributed by atoms with Crippen molar-refractivity contribution >= 4 is 22.1 Å². The summed E-state index contributed by atoms with van der Waals surface area (Å²) in [6, 6.07) is 6.05. The van der Waals surface area contributed by atoms with Crippen molar-refractivity contribution in [3.63, 3.8) is 0 Å². The predicted octanol–water partition coefficient (Wildman–Crippen LogP) is 3.78. The lowest BCUT2D eigenvalue weighted by molar-refractivity contribution is 0.600. The molecule has 0 spiro atoms. The number of hydrogen-bond donors (Lipinski definition) is 0. The molecule has 4 aromatic heterocycles. The largest absolute Gasteiger partial charge is 0.446 e. The second-order valence-electron chi connectivity index (χ2n) is 4.99. The van der Waals surface area contributed by atoms with E-state index in [9.17, 15) is 0 Å². The predicted molar refractivity (Wildman–Crippen MR) is 78.1 cm³/mol. The molecule has 0 radical (unpaired) electrons. The van der Waals surface area contributed by atoms with Crippen molar-refractivity contribution in [3.05, 3.63) is 54.2 Å². The minimum atomic E-state index is 0.662. The molecule has 0 aliphatic carbocycles. The van der Waals surface area contributed by atoms with Crippen LogP contribution in [0.5, 0.6) is 0 Å². The smallest absolute Gasteiger partial charge is 0.228 e. The van der Waals surface area contributed by atoms with Crippen molar-refractivity contribution in [3.8, 4) is 5.69 Å². The van der Waals surface area contributed by atoms with E-state index in [4.69, 9.17) is 4.42 Å². The van der Waals surface area contributed by atoms with Crippen molar-refractivity contribution < 1.29 is 4.42 Å². The molecule has 0 aliphatic heterocycles. The van der Waals surface area contributed by atoms with Gasteiger partial charge in [0.05, 0.1) is 17.3 Å². The molecule has 0 fully saturated rings. The molecule has 0 unspecified atom stereocenters. The molecule has 0 aromatic carbocycles. The van der Waals surface area contributed by atoms with Gasteiger partial charge < -0.3 is 8.98 Å². The zero-order chi connectivity index (χ0) is 13.7. The maximum atomic E-state index is 5.48. The summed E-state index contributed by atoms with van der Waals surface area (Å²) in [5.74, 6) is 0. The third-order valence-corrected chi connectivity index (χ3v) is 3.66. The molecule has 4 heterocycles. The molecule has 0 aliphatic rings. The number of rotatable bonds is 1. The number of nitrogens with zero attached hydrogens (tertiary/aromatic N) is 3. The third-order valence-electron chi connectivity index (χ3n) is 3.66. The number of fused-ring (bicyclic) bond motifs is 2. The molecular formula is C16H13N3O. The Labute approximate surface area is 115 Å². The molecule has 0 N–H and O–H groups in total. The summed E-state index contributed by atoms with van der Waals surface area (Å²) in [5.41, 5.74) is 4.96. The van der Waals surface area contributed by atoms with Crippen LogP contribution in [0.2, 0.25) is 0 Å². The van der Waals surface area contributed by atoms with Gasteiger partial charge in [0, 0.05) is 24.0 Å². The number of aryl methyl sites for hydroxylation is 2. The number of furan rings is 1. The highest BCUT2D eigenvalue weighted by atomic mass is 16.3. The lowest BCUT2D eigenvalue weighted by Crippen LogP contribution is -1.95. The van der Waals surface area contributed by atoms with Gasteiger partial charge in [-0.05, 0) is 43.2 Å². The molecule has 0 bridgehead atoms. The van der Waals surface area contributed by atoms with E-state index in [2.05, 4.69) is 33.7 Å². The first-order valence-corrected chi connectivity index (χ1v) is 6.51.